The van der Waals surface area contributed by atoms with Crippen LogP contribution in [0.15, 0.2) is 17.4 Å². The lowest BCUT2D eigenvalue weighted by atomic mass is 10.1. The largest absolute Gasteiger partial charge is 0.376 e. The number of hydrogen-bond acceptors (Lipinski definition) is 5. The van der Waals surface area contributed by atoms with Crippen LogP contribution in [-0.4, -0.2) is 91.2 Å². The van der Waals surface area contributed by atoms with E-state index in [9.17, 15) is 0 Å². The molecule has 0 spiro atoms. The molecule has 164 valence electrons. The first-order valence-corrected chi connectivity index (χ1v) is 11.0. The third kappa shape index (κ3) is 6.42. The van der Waals surface area contributed by atoms with Crippen LogP contribution in [0.1, 0.15) is 44.2 Å². The van der Waals surface area contributed by atoms with Crippen molar-refractivity contribution in [3.8, 4) is 0 Å². The number of nitrogens with one attached hydrogen (secondary N) is 1. The van der Waals surface area contributed by atoms with Gasteiger partial charge in [-0.15, -0.1) is 0 Å². The van der Waals surface area contributed by atoms with Crippen LogP contribution in [-0.2, 0) is 16.5 Å². The molecule has 0 amide bonds. The van der Waals surface area contributed by atoms with Crippen LogP contribution in [0, 0.1) is 0 Å². The molecule has 2 atom stereocenters. The van der Waals surface area contributed by atoms with Crippen LogP contribution in [0.3, 0.4) is 0 Å². The molecule has 1 aromatic rings. The van der Waals surface area contributed by atoms with Gasteiger partial charge in [0.1, 0.15) is 0 Å². The molecule has 2 aliphatic rings. The van der Waals surface area contributed by atoms with Crippen LogP contribution in [0.5, 0.6) is 0 Å². The summed E-state index contributed by atoms with van der Waals surface area (Å²) in [7, 11) is 6.14. The minimum atomic E-state index is 0.213. The second-order valence-electron chi connectivity index (χ2n) is 8.28. The predicted octanol–water partition coefficient (Wildman–Crippen LogP) is 1.65. The lowest BCUT2D eigenvalue weighted by Gasteiger charge is -2.35. The molecule has 8 nitrogen and oxygen atoms in total. The Labute approximate surface area is 175 Å². The summed E-state index contributed by atoms with van der Waals surface area (Å²) < 4.78 is 13.6. The van der Waals surface area contributed by atoms with Crippen molar-refractivity contribution in [3.63, 3.8) is 0 Å². The second-order valence-corrected chi connectivity index (χ2v) is 8.28. The maximum absolute atomic E-state index is 6.12. The van der Waals surface area contributed by atoms with E-state index in [1.165, 1.54) is 12.0 Å². The number of likely N-dealkylation sites (N-methyl/N-ethyl adjacent to an activating group) is 1. The van der Waals surface area contributed by atoms with Crippen molar-refractivity contribution in [1.29, 1.82) is 0 Å². The van der Waals surface area contributed by atoms with E-state index in [0.29, 0.717) is 18.8 Å². The van der Waals surface area contributed by atoms with E-state index in [1.807, 2.05) is 17.9 Å². The Balaban J connectivity index is 1.53. The zero-order valence-corrected chi connectivity index (χ0v) is 18.5. The number of rotatable bonds is 8. The number of aliphatic imine (C=N–C) groups is 1. The van der Waals surface area contributed by atoms with E-state index in [2.05, 4.69) is 47.4 Å². The van der Waals surface area contributed by atoms with Crippen LogP contribution in [0.25, 0.3) is 0 Å². The zero-order valence-electron chi connectivity index (χ0n) is 18.5. The van der Waals surface area contributed by atoms with E-state index >= 15 is 0 Å². The number of piperidine rings is 1. The Morgan fingerprint density at radius 2 is 2.17 bits per heavy atom. The summed E-state index contributed by atoms with van der Waals surface area (Å²) >= 11 is 0. The van der Waals surface area contributed by atoms with Crippen LogP contribution in [0.4, 0.5) is 0 Å². The number of likely N-dealkylation sites (tertiary alicyclic amines) is 1. The monoisotopic (exact) mass is 406 g/mol. The molecule has 2 unspecified atom stereocenters. The first kappa shape index (κ1) is 22.1. The summed E-state index contributed by atoms with van der Waals surface area (Å²) in [5.41, 5.74) is 1.19. The molecule has 3 rings (SSSR count). The molecule has 0 bridgehead atoms. The summed E-state index contributed by atoms with van der Waals surface area (Å²) in [5, 5.41) is 7.79. The maximum Gasteiger partial charge on any atom is 0.193 e. The van der Waals surface area contributed by atoms with Gasteiger partial charge in [0.05, 0.1) is 37.6 Å². The van der Waals surface area contributed by atoms with Gasteiger partial charge in [-0.25, -0.2) is 0 Å². The van der Waals surface area contributed by atoms with Gasteiger partial charge >= 0.3 is 0 Å². The van der Waals surface area contributed by atoms with Crippen LogP contribution < -0.4 is 5.32 Å². The smallest absolute Gasteiger partial charge is 0.193 e. The Kier molecular flexibility index (Phi) is 8.32. The number of aryl methyl sites for hydroxylation is 1. The zero-order chi connectivity index (χ0) is 20.6. The molecule has 3 heterocycles. The minimum Gasteiger partial charge on any atom is -0.376 e. The fourth-order valence-electron chi connectivity index (χ4n) is 4.03. The Hall–Kier alpha value is -1.64. The fraction of sp³-hybridized carbons (Fsp3) is 0.810. The lowest BCUT2D eigenvalue weighted by Crippen LogP contribution is -2.47. The summed E-state index contributed by atoms with van der Waals surface area (Å²) in [5.74, 6) is 1.00. The number of hydrogen-bond donors (Lipinski definition) is 1. The van der Waals surface area contributed by atoms with Crippen LogP contribution >= 0.6 is 0 Å². The molecule has 2 fully saturated rings. The minimum absolute atomic E-state index is 0.213. The molecule has 2 saturated heterocycles. The van der Waals surface area contributed by atoms with E-state index in [-0.39, 0.29) is 6.04 Å². The highest BCUT2D eigenvalue weighted by Gasteiger charge is 2.24. The molecule has 1 N–H and O–H groups in total. The number of aromatic nitrogens is 2. The molecular weight excluding hydrogens is 368 g/mol. The molecular formula is C21H38N6O2. The molecule has 0 radical (unpaired) electrons. The molecule has 29 heavy (non-hydrogen) atoms. The summed E-state index contributed by atoms with van der Waals surface area (Å²) in [6.45, 7) is 7.28. The van der Waals surface area contributed by atoms with Crippen molar-refractivity contribution in [1.82, 2.24) is 24.9 Å². The number of ether oxygens (including phenoxy) is 2. The van der Waals surface area contributed by atoms with Crippen LogP contribution in [0.2, 0.25) is 0 Å². The van der Waals surface area contributed by atoms with Crippen molar-refractivity contribution in [3.05, 3.63) is 18.0 Å². The van der Waals surface area contributed by atoms with Gasteiger partial charge in [-0.3, -0.25) is 9.67 Å². The average Bonchev–Trinajstić information content (AvgIpc) is 3.38. The van der Waals surface area contributed by atoms with E-state index in [1.54, 1.807) is 0 Å². The predicted molar refractivity (Wildman–Crippen MR) is 115 cm³/mol. The van der Waals surface area contributed by atoms with Crippen molar-refractivity contribution < 1.29 is 9.47 Å². The highest BCUT2D eigenvalue weighted by molar-refractivity contribution is 5.80. The topological polar surface area (TPSA) is 67.2 Å². The summed E-state index contributed by atoms with van der Waals surface area (Å²) in [6, 6.07) is 0.213. The quantitative estimate of drug-likeness (QED) is 0.523. The normalized spacial score (nSPS) is 22.4. The van der Waals surface area contributed by atoms with Gasteiger partial charge in [0.2, 0.25) is 0 Å². The van der Waals surface area contributed by atoms with Gasteiger partial charge in [0.25, 0.3) is 0 Å². The van der Waals surface area contributed by atoms with Crippen molar-refractivity contribution in [2.75, 3.05) is 53.5 Å². The van der Waals surface area contributed by atoms with Gasteiger partial charge in [0.15, 0.2) is 5.96 Å². The van der Waals surface area contributed by atoms with E-state index in [4.69, 9.17) is 14.5 Å². The first-order chi connectivity index (χ1) is 14.1. The van der Waals surface area contributed by atoms with E-state index < -0.39 is 0 Å². The van der Waals surface area contributed by atoms with Crippen molar-refractivity contribution >= 4 is 5.96 Å². The SMILES string of the molecule is CCNC(=NCC(c1cnn(C)c1)N(C)C)N1CCC(OCC2CCCO2)CC1. The highest BCUT2D eigenvalue weighted by Crippen LogP contribution is 2.20. The summed E-state index contributed by atoms with van der Waals surface area (Å²) in [4.78, 5) is 9.54. The van der Waals surface area contributed by atoms with Crippen molar-refractivity contribution in [2.24, 2.45) is 12.0 Å². The molecule has 0 aromatic carbocycles. The highest BCUT2D eigenvalue weighted by atomic mass is 16.5. The van der Waals surface area contributed by atoms with Gasteiger partial charge < -0.3 is 24.6 Å². The third-order valence-electron chi connectivity index (χ3n) is 5.77. The Morgan fingerprint density at radius 1 is 1.38 bits per heavy atom. The third-order valence-corrected chi connectivity index (χ3v) is 5.77. The first-order valence-electron chi connectivity index (χ1n) is 11.0. The van der Waals surface area contributed by atoms with Gasteiger partial charge in [-0.1, -0.05) is 0 Å². The molecule has 0 saturated carbocycles. The average molecular weight is 407 g/mol. The Morgan fingerprint density at radius 3 is 2.76 bits per heavy atom. The van der Waals surface area contributed by atoms with Gasteiger partial charge in [-0.05, 0) is 46.7 Å². The lowest BCUT2D eigenvalue weighted by molar-refractivity contribution is -0.0367. The molecule has 2 aliphatic heterocycles. The standard InChI is InChI=1S/C21H38N6O2/c1-5-22-21(23-14-20(25(2)3)17-13-24-26(4)15-17)27-10-8-18(9-11-27)29-16-19-7-6-12-28-19/h13,15,18-20H,5-12,14,16H2,1-4H3,(H,22,23). The summed E-state index contributed by atoms with van der Waals surface area (Å²) in [6.07, 6.45) is 9.04. The molecule has 8 heteroatoms. The fourth-order valence-corrected chi connectivity index (χ4v) is 4.03. The number of nitrogens with zero attached hydrogens (tertiary/aromatic N) is 5. The number of guanidine groups is 1. The second kappa shape index (κ2) is 10.9. The maximum atomic E-state index is 6.12. The molecule has 1 aromatic heterocycles. The van der Waals surface area contributed by atoms with E-state index in [0.717, 1.165) is 58.1 Å². The molecule has 0 aliphatic carbocycles. The van der Waals surface area contributed by atoms with Gasteiger partial charge in [-0.2, -0.15) is 5.10 Å². The Bertz CT molecular complexity index is 633. The van der Waals surface area contributed by atoms with Crippen molar-refractivity contribution in [2.45, 2.75) is 50.9 Å². The van der Waals surface area contributed by atoms with Gasteiger partial charge in [0, 0.05) is 45.0 Å².